The van der Waals surface area contributed by atoms with Crippen molar-refractivity contribution in [3.8, 4) is 5.75 Å². The fourth-order valence-electron chi connectivity index (χ4n) is 3.38. The van der Waals surface area contributed by atoms with Crippen molar-refractivity contribution in [2.75, 3.05) is 17.7 Å². The van der Waals surface area contributed by atoms with Crippen molar-refractivity contribution < 1.29 is 9.53 Å². The Morgan fingerprint density at radius 3 is 3.00 bits per heavy atom. The number of para-hydroxylation sites is 2. The van der Waals surface area contributed by atoms with Crippen molar-refractivity contribution in [3.63, 3.8) is 0 Å². The van der Waals surface area contributed by atoms with Gasteiger partial charge in [-0.05, 0) is 50.3 Å². The molecule has 28 heavy (non-hydrogen) atoms. The number of hydrogen-bond donors (Lipinski definition) is 2. The number of carbonyl (C=O) groups excluding carboxylic acids is 1. The largest absolute Gasteiger partial charge is 0.492 e. The molecule has 0 saturated heterocycles. The van der Waals surface area contributed by atoms with Gasteiger partial charge in [-0.2, -0.15) is 0 Å². The Kier molecular flexibility index (Phi) is 5.68. The Labute approximate surface area is 170 Å². The van der Waals surface area contributed by atoms with Crippen LogP contribution in [-0.2, 0) is 17.6 Å². The average molecular weight is 416 g/mol. The maximum absolute atomic E-state index is 12.6. The number of benzene rings is 1. The number of anilines is 1. The normalized spacial score (nSPS) is 13.3. The number of aromatic amines is 1. The molecule has 0 bridgehead atoms. The van der Waals surface area contributed by atoms with E-state index in [4.69, 9.17) is 4.74 Å². The van der Waals surface area contributed by atoms with Crippen LogP contribution in [0.1, 0.15) is 30.2 Å². The van der Waals surface area contributed by atoms with Crippen LogP contribution in [0, 0.1) is 0 Å². The van der Waals surface area contributed by atoms with Gasteiger partial charge in [-0.15, -0.1) is 11.3 Å². The third kappa shape index (κ3) is 3.93. The molecule has 146 valence electrons. The molecular formula is C20H21N3O3S2. The third-order valence-electron chi connectivity index (χ3n) is 4.60. The summed E-state index contributed by atoms with van der Waals surface area (Å²) in [5.74, 6) is 0.617. The zero-order chi connectivity index (χ0) is 19.5. The number of fused-ring (bicyclic) bond motifs is 3. The van der Waals surface area contributed by atoms with E-state index in [2.05, 4.69) is 15.3 Å². The highest BCUT2D eigenvalue weighted by Crippen LogP contribution is 2.34. The highest BCUT2D eigenvalue weighted by atomic mass is 32.2. The molecule has 2 N–H and O–H groups in total. The molecule has 0 aliphatic heterocycles. The molecule has 8 heteroatoms. The van der Waals surface area contributed by atoms with Crippen molar-refractivity contribution >= 4 is 44.9 Å². The van der Waals surface area contributed by atoms with Gasteiger partial charge in [-0.1, -0.05) is 23.9 Å². The van der Waals surface area contributed by atoms with Crippen LogP contribution in [-0.4, -0.2) is 28.2 Å². The molecule has 2 heterocycles. The number of nitrogens with zero attached hydrogens (tertiary/aromatic N) is 1. The lowest BCUT2D eigenvalue weighted by Crippen LogP contribution is -2.16. The smallest absolute Gasteiger partial charge is 0.260 e. The highest BCUT2D eigenvalue weighted by Gasteiger charge is 2.20. The number of thioether (sulfide) groups is 1. The van der Waals surface area contributed by atoms with E-state index in [0.717, 1.165) is 29.5 Å². The van der Waals surface area contributed by atoms with Crippen LogP contribution in [0.15, 0.2) is 34.2 Å². The van der Waals surface area contributed by atoms with E-state index in [9.17, 15) is 9.59 Å². The van der Waals surface area contributed by atoms with Crippen LogP contribution in [0.4, 0.5) is 5.69 Å². The van der Waals surface area contributed by atoms with Gasteiger partial charge in [-0.25, -0.2) is 4.98 Å². The van der Waals surface area contributed by atoms with Crippen molar-refractivity contribution in [2.45, 2.75) is 37.8 Å². The van der Waals surface area contributed by atoms with Crippen molar-refractivity contribution in [1.82, 2.24) is 9.97 Å². The van der Waals surface area contributed by atoms with E-state index in [1.165, 1.54) is 28.6 Å². The van der Waals surface area contributed by atoms with Crippen LogP contribution in [0.5, 0.6) is 5.75 Å². The topological polar surface area (TPSA) is 84.1 Å². The molecule has 0 fully saturated rings. The first-order valence-electron chi connectivity index (χ1n) is 9.34. The zero-order valence-corrected chi connectivity index (χ0v) is 17.2. The van der Waals surface area contributed by atoms with Crippen molar-refractivity contribution in [2.24, 2.45) is 0 Å². The van der Waals surface area contributed by atoms with Gasteiger partial charge in [-0.3, -0.25) is 9.59 Å². The number of nitrogens with one attached hydrogen (secondary N) is 2. The monoisotopic (exact) mass is 415 g/mol. The van der Waals surface area contributed by atoms with Crippen LogP contribution < -0.4 is 15.6 Å². The summed E-state index contributed by atoms with van der Waals surface area (Å²) in [4.78, 5) is 34.4. The molecule has 3 aromatic rings. The Bertz CT molecular complexity index is 1070. The molecule has 1 amide bonds. The predicted molar refractivity (Wildman–Crippen MR) is 114 cm³/mol. The first-order valence-corrected chi connectivity index (χ1v) is 11.1. The number of carbonyl (C=O) groups is 1. The molecule has 0 spiro atoms. The quantitative estimate of drug-likeness (QED) is 0.470. The summed E-state index contributed by atoms with van der Waals surface area (Å²) < 4.78 is 5.52. The van der Waals surface area contributed by atoms with Gasteiger partial charge < -0.3 is 15.0 Å². The van der Waals surface area contributed by atoms with Gasteiger partial charge in [0.25, 0.3) is 5.56 Å². The molecule has 0 atom stereocenters. The molecule has 0 radical (unpaired) electrons. The Morgan fingerprint density at radius 1 is 1.32 bits per heavy atom. The number of ether oxygens (including phenoxy) is 1. The van der Waals surface area contributed by atoms with Gasteiger partial charge >= 0.3 is 0 Å². The standard InChI is InChI=1S/C20H21N3O3S2/c1-2-26-14-9-5-4-8-13(14)21-16(24)11-27-20-22-18(25)17-12-7-3-6-10-15(12)28-19(17)23-20/h4-5,8-9H,2-3,6-7,10-11H2,1H3,(H,21,24)(H,22,23,25). The average Bonchev–Trinajstić information content (AvgIpc) is 3.07. The van der Waals surface area contributed by atoms with Gasteiger partial charge in [0.1, 0.15) is 10.6 Å². The first kappa shape index (κ1) is 19.0. The number of H-pyrrole nitrogens is 1. The lowest BCUT2D eigenvalue weighted by Gasteiger charge is -2.11. The van der Waals surface area contributed by atoms with E-state index in [-0.39, 0.29) is 17.2 Å². The number of hydrogen-bond acceptors (Lipinski definition) is 6. The highest BCUT2D eigenvalue weighted by molar-refractivity contribution is 7.99. The van der Waals surface area contributed by atoms with E-state index in [1.54, 1.807) is 17.4 Å². The predicted octanol–water partition coefficient (Wildman–Crippen LogP) is 3.99. The summed E-state index contributed by atoms with van der Waals surface area (Å²) in [7, 11) is 0. The van der Waals surface area contributed by atoms with E-state index < -0.39 is 0 Å². The fraction of sp³-hybridized carbons (Fsp3) is 0.350. The van der Waals surface area contributed by atoms with Crippen molar-refractivity contribution in [1.29, 1.82) is 0 Å². The second-order valence-corrected chi connectivity index (χ2v) is 8.58. The molecule has 1 aromatic carbocycles. The summed E-state index contributed by atoms with van der Waals surface area (Å²) >= 11 is 2.84. The Hall–Kier alpha value is -2.32. The Balaban J connectivity index is 1.47. The number of aromatic nitrogens is 2. The minimum absolute atomic E-state index is 0.103. The summed E-state index contributed by atoms with van der Waals surface area (Å²) in [6.07, 6.45) is 4.27. The number of thiophene rings is 1. The fourth-order valence-corrected chi connectivity index (χ4v) is 5.36. The third-order valence-corrected chi connectivity index (χ3v) is 6.66. The van der Waals surface area contributed by atoms with E-state index in [1.807, 2.05) is 25.1 Å². The number of rotatable bonds is 6. The first-order chi connectivity index (χ1) is 13.7. The minimum atomic E-state index is -0.176. The molecule has 1 aliphatic rings. The van der Waals surface area contributed by atoms with Gasteiger partial charge in [0.15, 0.2) is 5.16 Å². The van der Waals surface area contributed by atoms with E-state index in [0.29, 0.717) is 23.2 Å². The Morgan fingerprint density at radius 2 is 2.14 bits per heavy atom. The summed E-state index contributed by atoms with van der Waals surface area (Å²) in [6.45, 7) is 2.42. The molecule has 0 unspecified atom stereocenters. The van der Waals surface area contributed by atoms with Crippen LogP contribution in [0.25, 0.3) is 10.2 Å². The van der Waals surface area contributed by atoms with Crippen LogP contribution in [0.3, 0.4) is 0 Å². The molecular weight excluding hydrogens is 394 g/mol. The van der Waals surface area contributed by atoms with Crippen molar-refractivity contribution in [3.05, 3.63) is 45.1 Å². The van der Waals surface area contributed by atoms with Crippen LogP contribution >= 0.6 is 23.1 Å². The number of amides is 1. The molecule has 2 aromatic heterocycles. The maximum Gasteiger partial charge on any atom is 0.260 e. The van der Waals surface area contributed by atoms with Crippen LogP contribution in [0.2, 0.25) is 0 Å². The second kappa shape index (κ2) is 8.36. The SMILES string of the molecule is CCOc1ccccc1NC(=O)CSc1nc2sc3c(c2c(=O)[nH]1)CCCC3. The lowest BCUT2D eigenvalue weighted by atomic mass is 9.97. The maximum atomic E-state index is 12.6. The zero-order valence-electron chi connectivity index (χ0n) is 15.5. The summed E-state index contributed by atoms with van der Waals surface area (Å²) in [5.41, 5.74) is 1.70. The van der Waals surface area contributed by atoms with Gasteiger partial charge in [0, 0.05) is 4.88 Å². The van der Waals surface area contributed by atoms with Gasteiger partial charge in [0.05, 0.1) is 23.4 Å². The second-order valence-electron chi connectivity index (χ2n) is 6.53. The summed E-state index contributed by atoms with van der Waals surface area (Å²) in [6, 6.07) is 7.32. The molecule has 1 aliphatic carbocycles. The minimum Gasteiger partial charge on any atom is -0.492 e. The molecule has 0 saturated carbocycles. The molecule has 4 rings (SSSR count). The number of aryl methyl sites for hydroxylation is 2. The van der Waals surface area contributed by atoms with E-state index >= 15 is 0 Å². The molecule has 6 nitrogen and oxygen atoms in total. The van der Waals surface area contributed by atoms with Gasteiger partial charge in [0.2, 0.25) is 5.91 Å². The lowest BCUT2D eigenvalue weighted by molar-refractivity contribution is -0.113. The summed E-state index contributed by atoms with van der Waals surface area (Å²) in [5, 5.41) is 4.07.